The zero-order valence-corrected chi connectivity index (χ0v) is 18.6. The van der Waals surface area contributed by atoms with Crippen LogP contribution in [0.5, 0.6) is 5.75 Å². The van der Waals surface area contributed by atoms with Crippen LogP contribution in [-0.2, 0) is 14.3 Å². The van der Waals surface area contributed by atoms with E-state index in [1.165, 1.54) is 0 Å². The molecule has 0 bridgehead atoms. The standard InChI is InChI=1S/C19H20INO6S/c1-4-25-18(23)15-11(3)16(19(24)26-5-2)28-17(15)21-14(22)10-27-13-8-6-12(20)7-9-13/h6-9H,4-5,10H2,1-3H3,(H,21,22). The third kappa shape index (κ3) is 5.68. The number of halogens is 1. The third-order valence-electron chi connectivity index (χ3n) is 3.52. The zero-order chi connectivity index (χ0) is 20.7. The minimum Gasteiger partial charge on any atom is -0.484 e. The fourth-order valence-electron chi connectivity index (χ4n) is 2.28. The fourth-order valence-corrected chi connectivity index (χ4v) is 3.75. The summed E-state index contributed by atoms with van der Waals surface area (Å²) in [6, 6.07) is 7.24. The number of esters is 2. The molecule has 0 saturated carbocycles. The van der Waals surface area contributed by atoms with Crippen molar-refractivity contribution in [1.82, 2.24) is 0 Å². The third-order valence-corrected chi connectivity index (χ3v) is 5.43. The Kier molecular flexibility index (Phi) is 8.24. The summed E-state index contributed by atoms with van der Waals surface area (Å²) >= 11 is 3.15. The second kappa shape index (κ2) is 10.4. The first-order valence-corrected chi connectivity index (χ1v) is 10.4. The highest BCUT2D eigenvalue weighted by Gasteiger charge is 2.27. The van der Waals surface area contributed by atoms with Crippen LogP contribution >= 0.6 is 33.9 Å². The van der Waals surface area contributed by atoms with Crippen LogP contribution in [0.3, 0.4) is 0 Å². The molecular formula is C19H20INO6S. The van der Waals surface area contributed by atoms with E-state index in [1.807, 2.05) is 12.1 Å². The number of carbonyl (C=O) groups excluding carboxylic acids is 3. The largest absolute Gasteiger partial charge is 0.484 e. The highest BCUT2D eigenvalue weighted by atomic mass is 127. The van der Waals surface area contributed by atoms with Gasteiger partial charge in [0.1, 0.15) is 15.6 Å². The van der Waals surface area contributed by atoms with Crippen LogP contribution in [0.15, 0.2) is 24.3 Å². The van der Waals surface area contributed by atoms with Crippen LogP contribution in [-0.4, -0.2) is 37.7 Å². The van der Waals surface area contributed by atoms with Gasteiger partial charge in [-0.2, -0.15) is 0 Å². The Morgan fingerprint density at radius 1 is 1.04 bits per heavy atom. The topological polar surface area (TPSA) is 90.9 Å². The molecule has 2 aromatic rings. The van der Waals surface area contributed by atoms with E-state index in [1.54, 1.807) is 32.9 Å². The van der Waals surface area contributed by atoms with Gasteiger partial charge in [-0.25, -0.2) is 9.59 Å². The molecule has 28 heavy (non-hydrogen) atoms. The number of rotatable bonds is 8. The summed E-state index contributed by atoms with van der Waals surface area (Å²) < 4.78 is 16.6. The van der Waals surface area contributed by atoms with Gasteiger partial charge in [-0.05, 0) is 73.2 Å². The first-order chi connectivity index (χ1) is 13.4. The van der Waals surface area contributed by atoms with E-state index in [-0.39, 0.29) is 35.3 Å². The summed E-state index contributed by atoms with van der Waals surface area (Å²) in [5.41, 5.74) is 0.563. The molecule has 1 N–H and O–H groups in total. The summed E-state index contributed by atoms with van der Waals surface area (Å²) in [6.45, 7) is 5.13. The summed E-state index contributed by atoms with van der Waals surface area (Å²) in [5, 5.41) is 2.87. The van der Waals surface area contributed by atoms with E-state index in [4.69, 9.17) is 14.2 Å². The van der Waals surface area contributed by atoms with Crippen LogP contribution in [0.4, 0.5) is 5.00 Å². The first-order valence-electron chi connectivity index (χ1n) is 8.53. The molecule has 1 aromatic carbocycles. The van der Waals surface area contributed by atoms with E-state index >= 15 is 0 Å². The minimum atomic E-state index is -0.611. The number of nitrogens with one attached hydrogen (secondary N) is 1. The number of amides is 1. The molecule has 0 aliphatic rings. The van der Waals surface area contributed by atoms with Crippen molar-refractivity contribution in [3.63, 3.8) is 0 Å². The van der Waals surface area contributed by atoms with Crippen molar-refractivity contribution in [1.29, 1.82) is 0 Å². The van der Waals surface area contributed by atoms with Crippen molar-refractivity contribution >= 4 is 56.8 Å². The molecule has 0 aliphatic carbocycles. The van der Waals surface area contributed by atoms with Gasteiger partial charge in [0.25, 0.3) is 5.91 Å². The number of thiophene rings is 1. The van der Waals surface area contributed by atoms with Crippen LogP contribution in [0.25, 0.3) is 0 Å². The van der Waals surface area contributed by atoms with Gasteiger partial charge in [0.05, 0.1) is 18.8 Å². The number of carbonyl (C=O) groups is 3. The van der Waals surface area contributed by atoms with Crippen LogP contribution in [0, 0.1) is 10.5 Å². The Bertz CT molecular complexity index is 862. The molecule has 0 aliphatic heterocycles. The summed E-state index contributed by atoms with van der Waals surface area (Å²) in [6.07, 6.45) is 0. The Hall–Kier alpha value is -2.14. The molecule has 0 atom stereocenters. The average molecular weight is 517 g/mol. The fraction of sp³-hybridized carbons (Fsp3) is 0.316. The van der Waals surface area contributed by atoms with E-state index in [0.717, 1.165) is 14.9 Å². The molecule has 0 spiro atoms. The second-order valence-corrected chi connectivity index (χ2v) is 7.76. The van der Waals surface area contributed by atoms with Gasteiger partial charge in [0.15, 0.2) is 6.61 Å². The van der Waals surface area contributed by atoms with Gasteiger partial charge in [-0.3, -0.25) is 4.79 Å². The molecule has 0 radical (unpaired) electrons. The van der Waals surface area contributed by atoms with Crippen LogP contribution in [0.1, 0.15) is 39.4 Å². The van der Waals surface area contributed by atoms with Crippen LogP contribution in [0.2, 0.25) is 0 Å². The van der Waals surface area contributed by atoms with Crippen molar-refractivity contribution in [3.8, 4) is 5.75 Å². The Morgan fingerprint density at radius 3 is 2.25 bits per heavy atom. The molecule has 0 saturated heterocycles. The van der Waals surface area contributed by atoms with Crippen molar-refractivity contribution in [2.75, 3.05) is 25.1 Å². The molecule has 7 nitrogen and oxygen atoms in total. The quantitative estimate of drug-likeness (QED) is 0.420. The van der Waals surface area contributed by atoms with E-state index in [2.05, 4.69) is 27.9 Å². The monoisotopic (exact) mass is 517 g/mol. The average Bonchev–Trinajstić information content (AvgIpc) is 2.97. The predicted molar refractivity (Wildman–Crippen MR) is 114 cm³/mol. The van der Waals surface area contributed by atoms with Crippen molar-refractivity contribution < 1.29 is 28.6 Å². The van der Waals surface area contributed by atoms with Gasteiger partial charge in [-0.15, -0.1) is 11.3 Å². The van der Waals surface area contributed by atoms with Crippen molar-refractivity contribution in [2.24, 2.45) is 0 Å². The maximum absolute atomic E-state index is 12.3. The van der Waals surface area contributed by atoms with E-state index in [9.17, 15) is 14.4 Å². The molecule has 1 amide bonds. The number of benzene rings is 1. The number of hydrogen-bond donors (Lipinski definition) is 1. The maximum atomic E-state index is 12.3. The lowest BCUT2D eigenvalue weighted by molar-refractivity contribution is -0.118. The Morgan fingerprint density at radius 2 is 1.64 bits per heavy atom. The predicted octanol–water partition coefficient (Wildman–Crippen LogP) is 4.03. The van der Waals surface area contributed by atoms with Gasteiger partial charge in [0, 0.05) is 3.57 Å². The Labute approximate surface area is 180 Å². The summed E-state index contributed by atoms with van der Waals surface area (Å²) in [7, 11) is 0. The number of hydrogen-bond acceptors (Lipinski definition) is 7. The highest BCUT2D eigenvalue weighted by Crippen LogP contribution is 2.34. The zero-order valence-electron chi connectivity index (χ0n) is 15.7. The number of ether oxygens (including phenoxy) is 3. The van der Waals surface area contributed by atoms with Gasteiger partial charge in [0.2, 0.25) is 0 Å². The van der Waals surface area contributed by atoms with Gasteiger partial charge < -0.3 is 19.5 Å². The maximum Gasteiger partial charge on any atom is 0.348 e. The molecule has 0 unspecified atom stereocenters. The molecule has 2 rings (SSSR count). The summed E-state index contributed by atoms with van der Waals surface area (Å²) in [5.74, 6) is -1.07. The lowest BCUT2D eigenvalue weighted by atomic mass is 10.1. The minimum absolute atomic E-state index is 0.150. The summed E-state index contributed by atoms with van der Waals surface area (Å²) in [4.78, 5) is 37.0. The SMILES string of the molecule is CCOC(=O)c1sc(NC(=O)COc2ccc(I)cc2)c(C(=O)OCC)c1C. The second-order valence-electron chi connectivity index (χ2n) is 5.49. The van der Waals surface area contributed by atoms with E-state index in [0.29, 0.717) is 11.3 Å². The highest BCUT2D eigenvalue weighted by molar-refractivity contribution is 14.1. The van der Waals surface area contributed by atoms with Crippen molar-refractivity contribution in [2.45, 2.75) is 20.8 Å². The first kappa shape index (κ1) is 22.2. The molecule has 0 fully saturated rings. The lowest BCUT2D eigenvalue weighted by Crippen LogP contribution is -2.21. The normalized spacial score (nSPS) is 10.3. The molecule has 1 heterocycles. The van der Waals surface area contributed by atoms with E-state index < -0.39 is 17.8 Å². The smallest absolute Gasteiger partial charge is 0.348 e. The molecule has 150 valence electrons. The molecular weight excluding hydrogens is 497 g/mol. The van der Waals surface area contributed by atoms with Crippen molar-refractivity contribution in [3.05, 3.63) is 43.8 Å². The van der Waals surface area contributed by atoms with Crippen LogP contribution < -0.4 is 10.1 Å². The molecule has 1 aromatic heterocycles. The van der Waals surface area contributed by atoms with Gasteiger partial charge >= 0.3 is 11.9 Å². The lowest BCUT2D eigenvalue weighted by Gasteiger charge is -2.08. The van der Waals surface area contributed by atoms with Gasteiger partial charge in [-0.1, -0.05) is 0 Å². The molecule has 9 heteroatoms. The Balaban J connectivity index is 2.18. The number of anilines is 1.